The Morgan fingerprint density at radius 1 is 1.19 bits per heavy atom. The number of rotatable bonds is 5. The van der Waals surface area contributed by atoms with Crippen LogP contribution in [0.15, 0.2) is 35.2 Å². The van der Waals surface area contributed by atoms with Gasteiger partial charge in [0.15, 0.2) is 0 Å². The summed E-state index contributed by atoms with van der Waals surface area (Å²) in [7, 11) is 0. The molecular weight excluding hydrogens is 385 g/mol. The average molecular weight is 397 g/mol. The van der Waals surface area contributed by atoms with Crippen molar-refractivity contribution in [3.05, 3.63) is 48.1 Å². The molecule has 3 heterocycles. The first-order valence-corrected chi connectivity index (χ1v) is 8.38. The minimum Gasteiger partial charge on any atom is -0.343 e. The van der Waals surface area contributed by atoms with Crippen molar-refractivity contribution in [2.24, 2.45) is 0 Å². The van der Waals surface area contributed by atoms with Gasteiger partial charge in [-0.15, -0.1) is 0 Å². The van der Waals surface area contributed by atoms with Gasteiger partial charge >= 0.3 is 11.3 Å². The fourth-order valence-electron chi connectivity index (χ4n) is 2.87. The predicted octanol–water partition coefficient (Wildman–Crippen LogP) is 3.84. The third-order valence-electron chi connectivity index (χ3n) is 4.35. The van der Waals surface area contributed by atoms with Crippen molar-refractivity contribution >= 4 is 17.5 Å². The predicted molar refractivity (Wildman–Crippen MR) is 88.4 cm³/mol. The number of nitrogens with zero attached hydrogens (tertiary/aromatic N) is 5. The van der Waals surface area contributed by atoms with Gasteiger partial charge in [0.2, 0.25) is 11.8 Å². The second kappa shape index (κ2) is 6.45. The van der Waals surface area contributed by atoms with Crippen molar-refractivity contribution in [1.82, 2.24) is 25.1 Å². The van der Waals surface area contributed by atoms with E-state index in [9.17, 15) is 13.2 Å². The van der Waals surface area contributed by atoms with Gasteiger partial charge in [-0.3, -0.25) is 4.98 Å². The molecule has 1 aliphatic carbocycles. The molecule has 7 nitrogen and oxygen atoms in total. The van der Waals surface area contributed by atoms with E-state index in [1.807, 2.05) is 0 Å². The van der Waals surface area contributed by atoms with Crippen molar-refractivity contribution in [3.8, 4) is 11.4 Å². The summed E-state index contributed by atoms with van der Waals surface area (Å²) in [5, 5.41) is 2.81. The Hall–Kier alpha value is -2.75. The lowest BCUT2D eigenvalue weighted by Crippen LogP contribution is -2.44. The lowest BCUT2D eigenvalue weighted by atomic mass is 9.74. The summed E-state index contributed by atoms with van der Waals surface area (Å²) >= 11 is 4.84. The Bertz CT molecular complexity index is 955. The van der Waals surface area contributed by atoms with Gasteiger partial charge in [-0.05, 0) is 43.0 Å². The zero-order valence-electron chi connectivity index (χ0n) is 13.7. The molecule has 4 rings (SSSR count). The van der Waals surface area contributed by atoms with Crippen LogP contribution < -0.4 is 5.32 Å². The van der Waals surface area contributed by atoms with Crippen LogP contribution >= 0.6 is 11.6 Å². The molecule has 1 fully saturated rings. The summed E-state index contributed by atoms with van der Waals surface area (Å²) in [6.45, 7) is 0. The van der Waals surface area contributed by atoms with Crippen LogP contribution in [0.1, 0.15) is 30.8 Å². The van der Waals surface area contributed by atoms with E-state index >= 15 is 0 Å². The summed E-state index contributed by atoms with van der Waals surface area (Å²) < 4.78 is 44.5. The number of aromatic nitrogens is 5. The highest BCUT2D eigenvalue weighted by Crippen LogP contribution is 2.43. The van der Waals surface area contributed by atoms with E-state index in [-0.39, 0.29) is 17.3 Å². The molecule has 27 heavy (non-hydrogen) atoms. The molecule has 3 aromatic heterocycles. The maximum absolute atomic E-state index is 14.2. The number of pyridine rings is 1. The van der Waals surface area contributed by atoms with Crippen LogP contribution in [-0.4, -0.2) is 25.1 Å². The minimum atomic E-state index is -3.75. The molecular formula is C16H12ClF3N6O. The standard InChI is InChI=1S/C16H12ClF3N6O/c17-16(19,20)13-24-12(26-27-13)9-7-22-14(23-8-9)25-15(4-2-5-15)11-10(18)3-1-6-21-11/h1,3,6-8H,2,4-5H2,(H,22,23,25). The SMILES string of the molecule is Fc1cccnc1C1(Nc2ncc(-c3noc(C(F)(F)Cl)n3)cn2)CCC1. The molecule has 11 heteroatoms. The van der Waals surface area contributed by atoms with Gasteiger partial charge < -0.3 is 9.84 Å². The Kier molecular flexibility index (Phi) is 4.22. The molecule has 0 aliphatic heterocycles. The maximum atomic E-state index is 14.2. The molecule has 0 bridgehead atoms. The zero-order valence-corrected chi connectivity index (χ0v) is 14.4. The molecule has 0 spiro atoms. The Morgan fingerprint density at radius 2 is 1.93 bits per heavy atom. The summed E-state index contributed by atoms with van der Waals surface area (Å²) in [5.41, 5.74) is -0.0911. The van der Waals surface area contributed by atoms with Gasteiger partial charge in [0.25, 0.3) is 0 Å². The fourth-order valence-corrected chi connectivity index (χ4v) is 2.94. The van der Waals surface area contributed by atoms with Crippen LogP contribution in [0.3, 0.4) is 0 Å². The molecule has 0 atom stereocenters. The van der Waals surface area contributed by atoms with Gasteiger partial charge in [-0.2, -0.15) is 13.8 Å². The van der Waals surface area contributed by atoms with Crippen molar-refractivity contribution in [1.29, 1.82) is 0 Å². The highest BCUT2D eigenvalue weighted by Gasteiger charge is 2.42. The molecule has 1 aliphatic rings. The van der Waals surface area contributed by atoms with Crippen LogP contribution in [0.5, 0.6) is 0 Å². The molecule has 0 aromatic carbocycles. The first kappa shape index (κ1) is 17.7. The fraction of sp³-hybridized carbons (Fsp3) is 0.312. The number of halogens is 4. The third kappa shape index (κ3) is 3.32. The second-order valence-electron chi connectivity index (χ2n) is 6.11. The Labute approximate surface area is 156 Å². The normalized spacial score (nSPS) is 16.0. The van der Waals surface area contributed by atoms with Crippen LogP contribution in [0.25, 0.3) is 11.4 Å². The summed E-state index contributed by atoms with van der Waals surface area (Å²) in [6, 6.07) is 2.88. The molecule has 3 aromatic rings. The quantitative estimate of drug-likeness (QED) is 0.655. The van der Waals surface area contributed by atoms with E-state index < -0.39 is 22.6 Å². The highest BCUT2D eigenvalue weighted by molar-refractivity contribution is 6.21. The van der Waals surface area contributed by atoms with E-state index in [0.29, 0.717) is 18.5 Å². The van der Waals surface area contributed by atoms with Crippen molar-refractivity contribution in [2.75, 3.05) is 5.32 Å². The number of alkyl halides is 3. The first-order chi connectivity index (χ1) is 12.9. The molecule has 1 saturated carbocycles. The molecule has 140 valence electrons. The van der Waals surface area contributed by atoms with E-state index in [4.69, 9.17) is 11.6 Å². The van der Waals surface area contributed by atoms with E-state index in [0.717, 1.165) is 6.42 Å². The van der Waals surface area contributed by atoms with Gasteiger partial charge in [0.05, 0.1) is 11.1 Å². The number of hydrogen-bond donors (Lipinski definition) is 1. The summed E-state index contributed by atoms with van der Waals surface area (Å²) in [4.78, 5) is 15.9. The largest absolute Gasteiger partial charge is 0.400 e. The van der Waals surface area contributed by atoms with E-state index in [1.165, 1.54) is 30.7 Å². The monoisotopic (exact) mass is 396 g/mol. The van der Waals surface area contributed by atoms with Crippen molar-refractivity contribution in [3.63, 3.8) is 0 Å². The average Bonchev–Trinajstić information content (AvgIpc) is 3.10. The lowest BCUT2D eigenvalue weighted by Gasteiger charge is -2.42. The minimum absolute atomic E-state index is 0.119. The molecule has 0 radical (unpaired) electrons. The number of nitrogens with one attached hydrogen (secondary N) is 1. The highest BCUT2D eigenvalue weighted by atomic mass is 35.5. The lowest BCUT2D eigenvalue weighted by molar-refractivity contribution is 0.0551. The van der Waals surface area contributed by atoms with Crippen molar-refractivity contribution < 1.29 is 17.7 Å². The summed E-state index contributed by atoms with van der Waals surface area (Å²) in [5.74, 6) is -1.29. The van der Waals surface area contributed by atoms with Crippen molar-refractivity contribution in [2.45, 2.75) is 30.2 Å². The first-order valence-electron chi connectivity index (χ1n) is 8.00. The molecule has 0 amide bonds. The van der Waals surface area contributed by atoms with E-state index in [2.05, 4.69) is 34.9 Å². The number of hydrogen-bond acceptors (Lipinski definition) is 7. The van der Waals surface area contributed by atoms with Crippen LogP contribution in [-0.2, 0) is 10.9 Å². The molecule has 0 unspecified atom stereocenters. The number of anilines is 1. The molecule has 1 N–H and O–H groups in total. The van der Waals surface area contributed by atoms with E-state index in [1.54, 1.807) is 0 Å². The van der Waals surface area contributed by atoms with Gasteiger partial charge in [0.1, 0.15) is 11.5 Å². The van der Waals surface area contributed by atoms with Crippen LogP contribution in [0.2, 0.25) is 0 Å². The third-order valence-corrected chi connectivity index (χ3v) is 4.51. The smallest absolute Gasteiger partial charge is 0.343 e. The molecule has 0 saturated heterocycles. The Balaban J connectivity index is 1.56. The maximum Gasteiger partial charge on any atom is 0.400 e. The zero-order chi connectivity index (χ0) is 19.1. The Morgan fingerprint density at radius 3 is 2.48 bits per heavy atom. The van der Waals surface area contributed by atoms with Gasteiger partial charge in [-0.1, -0.05) is 5.16 Å². The van der Waals surface area contributed by atoms with Crippen LogP contribution in [0, 0.1) is 5.82 Å². The summed E-state index contributed by atoms with van der Waals surface area (Å²) in [6.07, 6.45) is 6.51. The van der Waals surface area contributed by atoms with Gasteiger partial charge in [0, 0.05) is 18.6 Å². The second-order valence-corrected chi connectivity index (χ2v) is 6.59. The van der Waals surface area contributed by atoms with Crippen LogP contribution in [0.4, 0.5) is 19.1 Å². The topological polar surface area (TPSA) is 89.6 Å². The van der Waals surface area contributed by atoms with Gasteiger partial charge in [-0.25, -0.2) is 14.4 Å².